The van der Waals surface area contributed by atoms with E-state index >= 15 is 0 Å². The molecule has 2 N–H and O–H groups in total. The van der Waals surface area contributed by atoms with E-state index in [1.54, 1.807) is 18.2 Å². The standard InChI is InChI=1S/C23H17Cl2N3O3S2/c1-33(30,31)28-21-17(24)12-14(13-18(21)25)11-16(22(29)26-15-7-3-2-4-8-15)23-27-19-9-5-6-10-20(19)32-23/h2-13,28H,1H3,(H,26,29)/b16-11+. The van der Waals surface area contributed by atoms with Crippen LogP contribution in [-0.2, 0) is 14.8 Å². The highest BCUT2D eigenvalue weighted by Gasteiger charge is 2.19. The Morgan fingerprint density at radius 1 is 1.00 bits per heavy atom. The molecule has 168 valence electrons. The Balaban J connectivity index is 1.79. The van der Waals surface area contributed by atoms with Gasteiger partial charge < -0.3 is 5.32 Å². The smallest absolute Gasteiger partial charge is 0.258 e. The summed E-state index contributed by atoms with van der Waals surface area (Å²) in [6.45, 7) is 0. The molecule has 3 aromatic carbocycles. The van der Waals surface area contributed by atoms with Crippen LogP contribution in [0.15, 0.2) is 66.7 Å². The van der Waals surface area contributed by atoms with Crippen molar-refractivity contribution < 1.29 is 13.2 Å². The first kappa shape index (κ1) is 23.3. The lowest BCUT2D eigenvalue weighted by Crippen LogP contribution is -2.13. The van der Waals surface area contributed by atoms with Crippen molar-refractivity contribution >= 4 is 83.7 Å². The zero-order valence-corrected chi connectivity index (χ0v) is 20.3. The van der Waals surface area contributed by atoms with Crippen LogP contribution in [0.25, 0.3) is 21.9 Å². The Kier molecular flexibility index (Phi) is 6.71. The number of hydrogen-bond donors (Lipinski definition) is 2. The zero-order valence-electron chi connectivity index (χ0n) is 17.2. The van der Waals surface area contributed by atoms with E-state index in [-0.39, 0.29) is 21.6 Å². The molecule has 0 bridgehead atoms. The molecular weight excluding hydrogens is 501 g/mol. The van der Waals surface area contributed by atoms with Gasteiger partial charge in [-0.25, -0.2) is 13.4 Å². The van der Waals surface area contributed by atoms with Crippen molar-refractivity contribution in [2.45, 2.75) is 0 Å². The summed E-state index contributed by atoms with van der Waals surface area (Å²) in [6, 6.07) is 19.7. The number of carbonyl (C=O) groups excluding carboxylic acids is 1. The Morgan fingerprint density at radius 2 is 1.64 bits per heavy atom. The third-order valence-corrected chi connectivity index (χ3v) is 6.70. The normalized spacial score (nSPS) is 12.0. The summed E-state index contributed by atoms with van der Waals surface area (Å²) in [5, 5.41) is 3.61. The molecule has 0 aliphatic rings. The van der Waals surface area contributed by atoms with E-state index in [2.05, 4.69) is 15.0 Å². The maximum absolute atomic E-state index is 13.2. The highest BCUT2D eigenvalue weighted by molar-refractivity contribution is 7.92. The number of para-hydroxylation sites is 2. The van der Waals surface area contributed by atoms with Crippen molar-refractivity contribution in [2.75, 3.05) is 16.3 Å². The second-order valence-corrected chi connectivity index (χ2v) is 10.7. The molecule has 0 radical (unpaired) electrons. The van der Waals surface area contributed by atoms with Crippen LogP contribution in [0.3, 0.4) is 0 Å². The van der Waals surface area contributed by atoms with Gasteiger partial charge in [0.15, 0.2) is 0 Å². The fourth-order valence-electron chi connectivity index (χ4n) is 3.06. The largest absolute Gasteiger partial charge is 0.322 e. The fourth-order valence-corrected chi connectivity index (χ4v) is 5.34. The number of thiazole rings is 1. The van der Waals surface area contributed by atoms with Crippen molar-refractivity contribution in [3.63, 3.8) is 0 Å². The Hall–Kier alpha value is -2.91. The van der Waals surface area contributed by atoms with Gasteiger partial charge in [0.1, 0.15) is 5.01 Å². The van der Waals surface area contributed by atoms with Crippen LogP contribution in [0.1, 0.15) is 10.6 Å². The van der Waals surface area contributed by atoms with Gasteiger partial charge in [0.05, 0.1) is 37.8 Å². The Bertz CT molecular complexity index is 1430. The third-order valence-electron chi connectivity index (χ3n) is 4.46. The van der Waals surface area contributed by atoms with Gasteiger partial charge in [0, 0.05) is 5.69 Å². The molecule has 0 saturated carbocycles. The number of carbonyl (C=O) groups is 1. The molecule has 0 fully saturated rings. The summed E-state index contributed by atoms with van der Waals surface area (Å²) < 4.78 is 26.4. The minimum atomic E-state index is -3.57. The summed E-state index contributed by atoms with van der Waals surface area (Å²) in [6.07, 6.45) is 2.63. The van der Waals surface area contributed by atoms with Crippen molar-refractivity contribution in [2.24, 2.45) is 0 Å². The lowest BCUT2D eigenvalue weighted by atomic mass is 10.1. The number of hydrogen-bond acceptors (Lipinski definition) is 5. The van der Waals surface area contributed by atoms with Gasteiger partial charge in [0.25, 0.3) is 5.91 Å². The third kappa shape index (κ3) is 5.72. The van der Waals surface area contributed by atoms with Crippen LogP contribution in [-0.4, -0.2) is 25.6 Å². The SMILES string of the molecule is CS(=O)(=O)Nc1c(Cl)cc(/C=C(\C(=O)Nc2ccccc2)c2nc3ccccc3s2)cc1Cl. The van der Waals surface area contributed by atoms with E-state index in [1.807, 2.05) is 42.5 Å². The molecule has 1 amide bonds. The zero-order chi connectivity index (χ0) is 23.6. The van der Waals surface area contributed by atoms with Crippen LogP contribution in [0.2, 0.25) is 10.0 Å². The number of amides is 1. The van der Waals surface area contributed by atoms with Gasteiger partial charge in [-0.15, -0.1) is 11.3 Å². The van der Waals surface area contributed by atoms with Gasteiger partial charge in [-0.2, -0.15) is 0 Å². The van der Waals surface area contributed by atoms with Crippen LogP contribution in [0, 0.1) is 0 Å². The summed E-state index contributed by atoms with van der Waals surface area (Å²) in [5.74, 6) is -0.356. The van der Waals surface area contributed by atoms with Crippen LogP contribution in [0.5, 0.6) is 0 Å². The number of halogens is 2. The van der Waals surface area contributed by atoms with Gasteiger partial charge in [-0.3, -0.25) is 9.52 Å². The molecule has 0 aliphatic heterocycles. The Labute approximate surface area is 204 Å². The lowest BCUT2D eigenvalue weighted by Gasteiger charge is -2.11. The monoisotopic (exact) mass is 517 g/mol. The second kappa shape index (κ2) is 9.52. The van der Waals surface area contributed by atoms with Gasteiger partial charge >= 0.3 is 0 Å². The van der Waals surface area contributed by atoms with Crippen molar-refractivity contribution in [3.8, 4) is 0 Å². The molecule has 33 heavy (non-hydrogen) atoms. The molecule has 0 aliphatic carbocycles. The molecule has 0 saturated heterocycles. The van der Waals surface area contributed by atoms with E-state index < -0.39 is 10.0 Å². The van der Waals surface area contributed by atoms with Crippen LogP contribution >= 0.6 is 34.5 Å². The molecule has 4 aromatic rings. The van der Waals surface area contributed by atoms with E-state index in [0.717, 1.165) is 16.5 Å². The molecule has 1 aromatic heterocycles. The molecule has 0 spiro atoms. The fraction of sp³-hybridized carbons (Fsp3) is 0.0435. The minimum Gasteiger partial charge on any atom is -0.322 e. The van der Waals surface area contributed by atoms with Gasteiger partial charge in [0.2, 0.25) is 10.0 Å². The summed E-state index contributed by atoms with van der Waals surface area (Å²) in [7, 11) is -3.57. The van der Waals surface area contributed by atoms with Crippen LogP contribution in [0.4, 0.5) is 11.4 Å². The van der Waals surface area contributed by atoms with E-state index in [0.29, 0.717) is 21.8 Å². The summed E-state index contributed by atoms with van der Waals surface area (Å²) >= 11 is 14.0. The highest BCUT2D eigenvalue weighted by Crippen LogP contribution is 2.35. The van der Waals surface area contributed by atoms with E-state index in [4.69, 9.17) is 23.2 Å². The molecule has 1 heterocycles. The van der Waals surface area contributed by atoms with Gasteiger partial charge in [-0.05, 0) is 48.0 Å². The number of aromatic nitrogens is 1. The molecule has 4 rings (SSSR count). The number of fused-ring (bicyclic) bond motifs is 1. The van der Waals surface area contributed by atoms with E-state index in [9.17, 15) is 13.2 Å². The molecule has 0 unspecified atom stereocenters. The van der Waals surface area contributed by atoms with Crippen molar-refractivity contribution in [3.05, 3.63) is 87.3 Å². The van der Waals surface area contributed by atoms with Crippen molar-refractivity contribution in [1.82, 2.24) is 4.98 Å². The number of benzene rings is 3. The minimum absolute atomic E-state index is 0.0771. The number of nitrogens with one attached hydrogen (secondary N) is 2. The quantitative estimate of drug-likeness (QED) is 0.300. The van der Waals surface area contributed by atoms with E-state index in [1.165, 1.54) is 23.5 Å². The number of sulfonamides is 1. The predicted octanol–water partition coefficient (Wildman–Crippen LogP) is 6.15. The first-order chi connectivity index (χ1) is 15.7. The number of rotatable bonds is 6. The maximum Gasteiger partial charge on any atom is 0.258 e. The molecular formula is C23H17Cl2N3O3S2. The Morgan fingerprint density at radius 3 is 2.27 bits per heavy atom. The second-order valence-electron chi connectivity index (χ2n) is 7.10. The maximum atomic E-state index is 13.2. The summed E-state index contributed by atoms with van der Waals surface area (Å²) in [5.41, 5.74) is 2.32. The average molecular weight is 518 g/mol. The topological polar surface area (TPSA) is 88.2 Å². The summed E-state index contributed by atoms with van der Waals surface area (Å²) in [4.78, 5) is 17.9. The molecule has 10 heteroatoms. The predicted molar refractivity (Wildman–Crippen MR) is 137 cm³/mol. The number of anilines is 2. The van der Waals surface area contributed by atoms with Crippen LogP contribution < -0.4 is 10.0 Å². The van der Waals surface area contributed by atoms with Gasteiger partial charge in [-0.1, -0.05) is 53.5 Å². The highest BCUT2D eigenvalue weighted by atomic mass is 35.5. The average Bonchev–Trinajstić information content (AvgIpc) is 3.18. The van der Waals surface area contributed by atoms with Crippen molar-refractivity contribution in [1.29, 1.82) is 0 Å². The lowest BCUT2D eigenvalue weighted by molar-refractivity contribution is -0.111. The molecule has 0 atom stereocenters. The first-order valence-corrected chi connectivity index (χ1v) is 13.1. The molecule has 6 nitrogen and oxygen atoms in total. The first-order valence-electron chi connectivity index (χ1n) is 9.60. The number of nitrogens with zero attached hydrogens (tertiary/aromatic N) is 1.